The van der Waals surface area contributed by atoms with Crippen LogP contribution in [0.15, 0.2) is 55.1 Å². The predicted octanol–water partition coefficient (Wildman–Crippen LogP) is 2.74. The van der Waals surface area contributed by atoms with E-state index in [1.54, 1.807) is 12.4 Å². The summed E-state index contributed by atoms with van der Waals surface area (Å²) < 4.78 is 1.97. The van der Waals surface area contributed by atoms with Crippen LogP contribution < -0.4 is 15.5 Å². The van der Waals surface area contributed by atoms with Gasteiger partial charge in [0, 0.05) is 31.4 Å². The third-order valence-corrected chi connectivity index (χ3v) is 6.33. The number of fused-ring (bicyclic) bond motifs is 2. The second-order valence-corrected chi connectivity index (χ2v) is 8.37. The van der Waals surface area contributed by atoms with E-state index in [1.807, 2.05) is 47.1 Å². The molecule has 166 valence electrons. The van der Waals surface area contributed by atoms with Gasteiger partial charge in [0.15, 0.2) is 0 Å². The molecule has 0 atom stereocenters. The molecule has 0 bridgehead atoms. The highest BCUT2D eigenvalue weighted by Gasteiger charge is 2.28. The summed E-state index contributed by atoms with van der Waals surface area (Å²) in [5.74, 6) is 0.510. The average molecular weight is 441 g/mol. The first-order valence-corrected chi connectivity index (χ1v) is 11.1. The molecule has 2 aliphatic rings. The van der Waals surface area contributed by atoms with Crippen molar-refractivity contribution in [1.29, 1.82) is 0 Å². The first-order valence-electron chi connectivity index (χ1n) is 11.1. The molecule has 0 radical (unpaired) electrons. The maximum absolute atomic E-state index is 12.7. The molecule has 33 heavy (non-hydrogen) atoms. The number of hydrogen-bond donors (Lipinski definition) is 3. The van der Waals surface area contributed by atoms with Gasteiger partial charge in [-0.25, -0.2) is 9.97 Å². The number of hydrogen-bond acceptors (Lipinski definition) is 7. The van der Waals surface area contributed by atoms with Crippen molar-refractivity contribution in [3.05, 3.63) is 66.2 Å². The Morgan fingerprint density at radius 3 is 2.73 bits per heavy atom. The van der Waals surface area contributed by atoms with Gasteiger partial charge in [0.25, 0.3) is 5.91 Å². The minimum Gasteiger partial charge on any atom is -0.393 e. The normalized spacial score (nSPS) is 16.2. The number of pyridine rings is 3. The minimum absolute atomic E-state index is 0.131. The van der Waals surface area contributed by atoms with Gasteiger partial charge in [-0.05, 0) is 37.1 Å². The number of aliphatic hydroxyl groups excluding tert-OH is 1. The van der Waals surface area contributed by atoms with Crippen molar-refractivity contribution in [3.8, 4) is 11.4 Å². The lowest BCUT2D eigenvalue weighted by Crippen LogP contribution is -2.35. The number of amides is 1. The molecule has 1 fully saturated rings. The molecule has 9 nitrogen and oxygen atoms in total. The molecule has 0 saturated carbocycles. The summed E-state index contributed by atoms with van der Waals surface area (Å²) in [6, 6.07) is 9.73. The standard InChI is InChI=1S/C24H23N7O2/c32-16-6-9-30(10-7-16)15-4-5-20(25-11-15)29-18-13-27-23(17-12-28-24(33)22(17)18)19-14-26-21-3-1-2-8-31(19)21/h1-5,8,11,13-14,16,32H,6-7,9-10,12H2,(H,25,29)(H,28,33). The van der Waals surface area contributed by atoms with E-state index < -0.39 is 0 Å². The maximum Gasteiger partial charge on any atom is 0.254 e. The van der Waals surface area contributed by atoms with Crippen LogP contribution in [0.4, 0.5) is 17.2 Å². The number of carbonyl (C=O) groups excluding carboxylic acids is 1. The SMILES string of the molecule is O=C1NCc2c(-c3cnc4ccccn34)ncc(Nc3ccc(N4CCC(O)CC4)cn3)c21. The lowest BCUT2D eigenvalue weighted by Gasteiger charge is -2.31. The lowest BCUT2D eigenvalue weighted by molar-refractivity contribution is 0.0966. The van der Waals surface area contributed by atoms with Crippen LogP contribution in [-0.4, -0.2) is 49.6 Å². The molecule has 1 saturated heterocycles. The van der Waals surface area contributed by atoms with E-state index >= 15 is 0 Å². The van der Waals surface area contributed by atoms with Crippen LogP contribution in [-0.2, 0) is 6.54 Å². The number of imidazole rings is 1. The number of piperidine rings is 1. The number of nitrogens with zero attached hydrogens (tertiary/aromatic N) is 5. The topological polar surface area (TPSA) is 108 Å². The van der Waals surface area contributed by atoms with Crippen molar-refractivity contribution in [2.45, 2.75) is 25.5 Å². The highest BCUT2D eigenvalue weighted by atomic mass is 16.3. The van der Waals surface area contributed by atoms with E-state index in [0.29, 0.717) is 23.6 Å². The van der Waals surface area contributed by atoms with E-state index in [4.69, 9.17) is 4.98 Å². The van der Waals surface area contributed by atoms with Gasteiger partial charge in [-0.1, -0.05) is 6.07 Å². The van der Waals surface area contributed by atoms with E-state index in [0.717, 1.165) is 54.2 Å². The third kappa shape index (κ3) is 3.46. The second-order valence-electron chi connectivity index (χ2n) is 8.37. The summed E-state index contributed by atoms with van der Waals surface area (Å²) in [4.78, 5) is 28.6. The monoisotopic (exact) mass is 441 g/mol. The largest absolute Gasteiger partial charge is 0.393 e. The Hall–Kier alpha value is -3.98. The van der Waals surface area contributed by atoms with E-state index in [2.05, 4.69) is 25.5 Å². The van der Waals surface area contributed by atoms with E-state index in [9.17, 15) is 9.90 Å². The first kappa shape index (κ1) is 19.7. The van der Waals surface area contributed by atoms with Gasteiger partial charge in [-0.2, -0.15) is 0 Å². The average Bonchev–Trinajstić information content (AvgIpc) is 3.45. The zero-order chi connectivity index (χ0) is 22.4. The van der Waals surface area contributed by atoms with Crippen LogP contribution in [0, 0.1) is 0 Å². The fraction of sp³-hybridized carbons (Fsp3) is 0.250. The quantitative estimate of drug-likeness (QED) is 0.447. The molecule has 0 aliphatic carbocycles. The molecular formula is C24H23N7O2. The maximum atomic E-state index is 12.7. The molecule has 3 N–H and O–H groups in total. The van der Waals surface area contributed by atoms with E-state index in [1.165, 1.54) is 0 Å². The highest BCUT2D eigenvalue weighted by molar-refractivity contribution is 6.05. The van der Waals surface area contributed by atoms with Crippen molar-refractivity contribution < 1.29 is 9.90 Å². The minimum atomic E-state index is -0.209. The zero-order valence-electron chi connectivity index (χ0n) is 17.9. The van der Waals surface area contributed by atoms with Gasteiger partial charge in [-0.15, -0.1) is 0 Å². The molecule has 0 spiro atoms. The van der Waals surface area contributed by atoms with Crippen molar-refractivity contribution in [2.24, 2.45) is 0 Å². The van der Waals surface area contributed by atoms with Crippen molar-refractivity contribution in [2.75, 3.05) is 23.3 Å². The molecule has 4 aromatic rings. The third-order valence-electron chi connectivity index (χ3n) is 6.33. The Kier molecular flexibility index (Phi) is 4.69. The number of aliphatic hydroxyl groups is 1. The number of carbonyl (C=O) groups is 1. The molecule has 1 amide bonds. The second kappa shape index (κ2) is 7.86. The van der Waals surface area contributed by atoms with Crippen LogP contribution in [0.2, 0.25) is 0 Å². The van der Waals surface area contributed by atoms with Crippen LogP contribution >= 0.6 is 0 Å². The lowest BCUT2D eigenvalue weighted by atomic mass is 10.1. The van der Waals surface area contributed by atoms with Crippen LogP contribution in [0.5, 0.6) is 0 Å². The van der Waals surface area contributed by atoms with Crippen LogP contribution in [0.25, 0.3) is 17.0 Å². The Morgan fingerprint density at radius 2 is 1.91 bits per heavy atom. The fourth-order valence-corrected chi connectivity index (χ4v) is 4.57. The molecule has 2 aliphatic heterocycles. The fourth-order valence-electron chi connectivity index (χ4n) is 4.57. The Morgan fingerprint density at radius 1 is 1.03 bits per heavy atom. The molecule has 9 heteroatoms. The number of anilines is 3. The van der Waals surface area contributed by atoms with Gasteiger partial charge in [0.05, 0.1) is 53.0 Å². The van der Waals surface area contributed by atoms with Gasteiger partial charge < -0.3 is 20.6 Å². The number of aromatic nitrogens is 4. The molecule has 6 rings (SSSR count). The van der Waals surface area contributed by atoms with Crippen LogP contribution in [0.1, 0.15) is 28.8 Å². The molecule has 4 aromatic heterocycles. The summed E-state index contributed by atoms with van der Waals surface area (Å²) in [5.41, 5.74) is 5.49. The van der Waals surface area contributed by atoms with Crippen molar-refractivity contribution in [3.63, 3.8) is 0 Å². The number of nitrogens with one attached hydrogen (secondary N) is 2. The van der Waals surface area contributed by atoms with Gasteiger partial charge in [0.2, 0.25) is 0 Å². The zero-order valence-corrected chi connectivity index (χ0v) is 17.9. The van der Waals surface area contributed by atoms with Gasteiger partial charge in [0.1, 0.15) is 11.5 Å². The summed E-state index contributed by atoms with van der Waals surface area (Å²) in [6.45, 7) is 2.05. The molecular weight excluding hydrogens is 418 g/mol. The van der Waals surface area contributed by atoms with Gasteiger partial charge in [-0.3, -0.25) is 14.2 Å². The Balaban J connectivity index is 1.31. The summed E-state index contributed by atoms with van der Waals surface area (Å²) in [6.07, 6.45) is 8.56. The first-order chi connectivity index (χ1) is 16.2. The highest BCUT2D eigenvalue weighted by Crippen LogP contribution is 2.33. The molecule has 0 unspecified atom stereocenters. The van der Waals surface area contributed by atoms with Crippen molar-refractivity contribution >= 4 is 28.7 Å². The number of rotatable bonds is 4. The summed E-state index contributed by atoms with van der Waals surface area (Å²) in [5, 5.41) is 15.9. The van der Waals surface area contributed by atoms with E-state index in [-0.39, 0.29) is 12.0 Å². The summed E-state index contributed by atoms with van der Waals surface area (Å²) in [7, 11) is 0. The molecule has 0 aromatic carbocycles. The Labute approximate surface area is 190 Å². The van der Waals surface area contributed by atoms with Gasteiger partial charge >= 0.3 is 0 Å². The molecule has 6 heterocycles. The predicted molar refractivity (Wildman–Crippen MR) is 125 cm³/mol. The van der Waals surface area contributed by atoms with Crippen molar-refractivity contribution in [1.82, 2.24) is 24.7 Å². The van der Waals surface area contributed by atoms with Crippen LogP contribution in [0.3, 0.4) is 0 Å². The smallest absolute Gasteiger partial charge is 0.254 e. The summed E-state index contributed by atoms with van der Waals surface area (Å²) >= 11 is 0. The Bertz CT molecular complexity index is 1340.